The van der Waals surface area contributed by atoms with Crippen molar-refractivity contribution in [3.05, 3.63) is 0 Å². The molecule has 0 rings (SSSR count). The smallest absolute Gasteiger partial charge is 0.327 e. The Hall–Kier alpha value is -1.28. The highest BCUT2D eigenvalue weighted by molar-refractivity contribution is 7.99. The van der Waals surface area contributed by atoms with Crippen molar-refractivity contribution in [2.24, 2.45) is 0 Å². The highest BCUT2D eigenvalue weighted by Crippen LogP contribution is 2.16. The Morgan fingerprint density at radius 1 is 0.551 bits per heavy atom. The van der Waals surface area contributed by atoms with Gasteiger partial charge in [-0.05, 0) is 12.8 Å². The highest BCUT2D eigenvalue weighted by Gasteiger charge is 2.22. The fourth-order valence-electron chi connectivity index (χ4n) is 6.25. The molecule has 0 heterocycles. The van der Waals surface area contributed by atoms with E-state index < -0.39 is 18.1 Å². The molecule has 0 aromatic carbocycles. The Balaban J connectivity index is 3.91. The standard InChI is InChI=1S/C41H79NO6S/c1-4-6-8-10-12-14-16-18-19-21-23-25-27-29-31-33-40(44)48-37(34-47-3)35-49-36-38(41(45)46)42-39(43)32-30-28-26-24-22-20-17-15-13-11-9-7-5-2/h37-38H,4-36H2,1-3H3,(H,42,43)(H,45,46)/t37-,38?/m1/s1. The number of rotatable bonds is 39. The molecule has 8 heteroatoms. The fourth-order valence-corrected chi connectivity index (χ4v) is 7.27. The van der Waals surface area contributed by atoms with Crippen LogP contribution in [0.5, 0.6) is 0 Å². The molecule has 1 unspecified atom stereocenters. The van der Waals surface area contributed by atoms with Gasteiger partial charge >= 0.3 is 11.9 Å². The lowest BCUT2D eigenvalue weighted by molar-refractivity contribution is -0.150. The van der Waals surface area contributed by atoms with Crippen LogP contribution in [-0.2, 0) is 23.9 Å². The number of carboxylic acids is 1. The quantitative estimate of drug-likeness (QED) is 0.0483. The summed E-state index contributed by atoms with van der Waals surface area (Å²) < 4.78 is 10.9. The minimum atomic E-state index is -1.04. The highest BCUT2D eigenvalue weighted by atomic mass is 32.2. The minimum absolute atomic E-state index is 0.209. The number of carboxylic acid groups (broad SMARTS) is 1. The zero-order valence-corrected chi connectivity index (χ0v) is 33.2. The molecule has 0 saturated heterocycles. The molecular formula is C41H79NO6S. The van der Waals surface area contributed by atoms with E-state index in [4.69, 9.17) is 9.47 Å². The van der Waals surface area contributed by atoms with Gasteiger partial charge in [-0.1, -0.05) is 181 Å². The number of amides is 1. The number of methoxy groups -OCH3 is 1. The molecule has 0 aromatic rings. The number of unbranched alkanes of at least 4 members (excludes halogenated alkanes) is 26. The van der Waals surface area contributed by atoms with E-state index >= 15 is 0 Å². The topological polar surface area (TPSA) is 102 Å². The van der Waals surface area contributed by atoms with Gasteiger partial charge in [-0.25, -0.2) is 4.79 Å². The van der Waals surface area contributed by atoms with Crippen LogP contribution in [0.3, 0.4) is 0 Å². The number of carbonyl (C=O) groups excluding carboxylic acids is 2. The molecule has 0 aliphatic carbocycles. The van der Waals surface area contributed by atoms with Crippen molar-refractivity contribution in [2.75, 3.05) is 25.2 Å². The molecule has 2 atom stereocenters. The third kappa shape index (κ3) is 34.9. The summed E-state index contributed by atoms with van der Waals surface area (Å²) >= 11 is 1.37. The molecule has 0 aliphatic heterocycles. The number of esters is 1. The van der Waals surface area contributed by atoms with Gasteiger partial charge in [0, 0.05) is 31.5 Å². The van der Waals surface area contributed by atoms with Gasteiger partial charge in [0.2, 0.25) is 5.91 Å². The molecule has 0 spiro atoms. The summed E-state index contributed by atoms with van der Waals surface area (Å²) in [7, 11) is 1.57. The van der Waals surface area contributed by atoms with Crippen LogP contribution in [0.1, 0.15) is 206 Å². The Labute approximate surface area is 307 Å². The van der Waals surface area contributed by atoms with Crippen LogP contribution in [0.25, 0.3) is 0 Å². The number of thioether (sulfide) groups is 1. The van der Waals surface area contributed by atoms with Crippen molar-refractivity contribution in [1.29, 1.82) is 0 Å². The lowest BCUT2D eigenvalue weighted by Gasteiger charge is -2.19. The average molecular weight is 714 g/mol. The molecule has 49 heavy (non-hydrogen) atoms. The first-order valence-electron chi connectivity index (χ1n) is 20.7. The van der Waals surface area contributed by atoms with Gasteiger partial charge in [0.15, 0.2) is 0 Å². The molecule has 290 valence electrons. The summed E-state index contributed by atoms with van der Waals surface area (Å²) in [5.41, 5.74) is 0. The largest absolute Gasteiger partial charge is 0.480 e. The number of hydrogen-bond acceptors (Lipinski definition) is 6. The number of ether oxygens (including phenoxy) is 2. The second-order valence-corrected chi connectivity index (χ2v) is 15.3. The van der Waals surface area contributed by atoms with Crippen molar-refractivity contribution in [2.45, 2.75) is 219 Å². The lowest BCUT2D eigenvalue weighted by atomic mass is 10.0. The summed E-state index contributed by atoms with van der Waals surface area (Å²) in [6.07, 6.45) is 35.7. The van der Waals surface area contributed by atoms with Gasteiger partial charge in [0.25, 0.3) is 0 Å². The molecular weight excluding hydrogens is 635 g/mol. The maximum atomic E-state index is 12.4. The summed E-state index contributed by atoms with van der Waals surface area (Å²) in [6.45, 7) is 4.78. The molecule has 0 fully saturated rings. The van der Waals surface area contributed by atoms with E-state index in [0.29, 0.717) is 18.6 Å². The van der Waals surface area contributed by atoms with Gasteiger partial charge in [0.1, 0.15) is 12.1 Å². The summed E-state index contributed by atoms with van der Waals surface area (Å²) in [6, 6.07) is -0.960. The van der Waals surface area contributed by atoms with Crippen molar-refractivity contribution in [3.8, 4) is 0 Å². The van der Waals surface area contributed by atoms with Crippen LogP contribution in [0.2, 0.25) is 0 Å². The van der Waals surface area contributed by atoms with E-state index in [9.17, 15) is 19.5 Å². The van der Waals surface area contributed by atoms with Crippen molar-refractivity contribution in [1.82, 2.24) is 5.32 Å². The first kappa shape index (κ1) is 47.7. The second-order valence-electron chi connectivity index (χ2n) is 14.3. The Kier molecular flexibility index (Phi) is 37.0. The van der Waals surface area contributed by atoms with Gasteiger partial charge in [0.05, 0.1) is 6.61 Å². The fraction of sp³-hybridized carbons (Fsp3) is 0.927. The van der Waals surface area contributed by atoms with Gasteiger partial charge < -0.3 is 19.9 Å². The van der Waals surface area contributed by atoms with Gasteiger partial charge in [-0.15, -0.1) is 0 Å². The predicted octanol–water partition coefficient (Wildman–Crippen LogP) is 11.6. The Morgan fingerprint density at radius 2 is 0.918 bits per heavy atom. The Morgan fingerprint density at radius 3 is 1.29 bits per heavy atom. The normalized spacial score (nSPS) is 12.6. The summed E-state index contributed by atoms with van der Waals surface area (Å²) in [4.78, 5) is 36.6. The molecule has 7 nitrogen and oxygen atoms in total. The number of hydrogen-bond donors (Lipinski definition) is 2. The van der Waals surface area contributed by atoms with Gasteiger partial charge in [-0.2, -0.15) is 11.8 Å². The van der Waals surface area contributed by atoms with Crippen LogP contribution in [0.15, 0.2) is 0 Å². The van der Waals surface area contributed by atoms with E-state index in [1.807, 2.05) is 0 Å². The van der Waals surface area contributed by atoms with Crippen molar-refractivity contribution in [3.63, 3.8) is 0 Å². The second kappa shape index (κ2) is 38.0. The zero-order chi connectivity index (χ0) is 36.0. The average Bonchev–Trinajstić information content (AvgIpc) is 3.08. The number of aliphatic carboxylic acids is 1. The maximum Gasteiger partial charge on any atom is 0.327 e. The first-order valence-corrected chi connectivity index (χ1v) is 21.9. The first-order chi connectivity index (χ1) is 23.9. The Bertz CT molecular complexity index is 752. The van der Waals surface area contributed by atoms with Gasteiger partial charge in [-0.3, -0.25) is 9.59 Å². The van der Waals surface area contributed by atoms with Crippen molar-refractivity contribution >= 4 is 29.6 Å². The predicted molar refractivity (Wildman–Crippen MR) is 209 cm³/mol. The monoisotopic (exact) mass is 714 g/mol. The molecule has 0 radical (unpaired) electrons. The molecule has 0 aromatic heterocycles. The number of nitrogens with one attached hydrogen (secondary N) is 1. The molecule has 0 bridgehead atoms. The molecule has 0 aliphatic rings. The van der Waals surface area contributed by atoms with Crippen LogP contribution >= 0.6 is 11.8 Å². The van der Waals surface area contributed by atoms with E-state index in [0.717, 1.165) is 38.5 Å². The third-order valence-electron chi connectivity index (χ3n) is 9.36. The molecule has 1 amide bonds. The van der Waals surface area contributed by atoms with E-state index in [1.54, 1.807) is 7.11 Å². The van der Waals surface area contributed by atoms with Crippen LogP contribution < -0.4 is 5.32 Å². The minimum Gasteiger partial charge on any atom is -0.480 e. The van der Waals surface area contributed by atoms with Crippen LogP contribution in [0, 0.1) is 0 Å². The zero-order valence-electron chi connectivity index (χ0n) is 32.4. The number of carbonyl (C=O) groups is 3. The SMILES string of the molecule is CCCCCCCCCCCCCCCCCC(=O)O[C@H](COC)CSCC(NC(=O)CCCCCCCCCCCCCCC)C(=O)O. The lowest BCUT2D eigenvalue weighted by Crippen LogP contribution is -2.42. The third-order valence-corrected chi connectivity index (χ3v) is 10.5. The van der Waals surface area contributed by atoms with E-state index in [-0.39, 0.29) is 24.2 Å². The van der Waals surface area contributed by atoms with E-state index in [2.05, 4.69) is 19.2 Å². The maximum absolute atomic E-state index is 12.4. The summed E-state index contributed by atoms with van der Waals surface area (Å²) in [5.74, 6) is -0.828. The van der Waals surface area contributed by atoms with E-state index in [1.165, 1.54) is 153 Å². The van der Waals surface area contributed by atoms with Crippen LogP contribution in [0.4, 0.5) is 0 Å². The molecule has 0 saturated carbocycles. The summed E-state index contributed by atoms with van der Waals surface area (Å²) in [5, 5.41) is 12.3. The van der Waals surface area contributed by atoms with Crippen LogP contribution in [-0.4, -0.2) is 60.3 Å². The molecule has 2 N–H and O–H groups in total. The van der Waals surface area contributed by atoms with Crippen molar-refractivity contribution < 1.29 is 29.0 Å².